The van der Waals surface area contributed by atoms with Gasteiger partial charge in [-0.3, -0.25) is 0 Å². The van der Waals surface area contributed by atoms with Crippen molar-refractivity contribution in [2.45, 2.75) is 37.9 Å². The van der Waals surface area contributed by atoms with E-state index in [4.69, 9.17) is 4.74 Å². The second-order valence-corrected chi connectivity index (χ2v) is 3.72. The van der Waals surface area contributed by atoms with E-state index < -0.39 is 0 Å². The standard InChI is InChI=1S/C11H16OS/c1-3-9(2)12-8-10-5-4-6-11(13)7-10/h4-7,9,13H,3,8H2,1-2H3. The average Bonchev–Trinajstić information content (AvgIpc) is 2.14. The second kappa shape index (κ2) is 5.30. The number of thiol groups is 1. The molecule has 0 bridgehead atoms. The summed E-state index contributed by atoms with van der Waals surface area (Å²) in [4.78, 5) is 0.991. The van der Waals surface area contributed by atoms with Gasteiger partial charge in [-0.05, 0) is 31.0 Å². The summed E-state index contributed by atoms with van der Waals surface area (Å²) < 4.78 is 5.60. The Bertz CT molecular complexity index is 260. The maximum Gasteiger partial charge on any atom is 0.0720 e. The van der Waals surface area contributed by atoms with Gasteiger partial charge in [0, 0.05) is 4.90 Å². The topological polar surface area (TPSA) is 9.23 Å². The van der Waals surface area contributed by atoms with Crippen LogP contribution < -0.4 is 0 Å². The summed E-state index contributed by atoms with van der Waals surface area (Å²) in [6.45, 7) is 4.90. The minimum atomic E-state index is 0.337. The minimum absolute atomic E-state index is 0.337. The molecule has 1 atom stereocenters. The Morgan fingerprint density at radius 1 is 1.46 bits per heavy atom. The molecule has 72 valence electrons. The van der Waals surface area contributed by atoms with Gasteiger partial charge in [0.15, 0.2) is 0 Å². The zero-order valence-corrected chi connectivity index (χ0v) is 9.05. The van der Waals surface area contributed by atoms with E-state index in [9.17, 15) is 0 Å². The SMILES string of the molecule is CCC(C)OCc1cccc(S)c1. The summed E-state index contributed by atoms with van der Waals surface area (Å²) in [6.07, 6.45) is 1.39. The predicted molar refractivity (Wildman–Crippen MR) is 58.2 cm³/mol. The Balaban J connectivity index is 2.45. The Morgan fingerprint density at radius 2 is 2.23 bits per heavy atom. The van der Waals surface area contributed by atoms with Crippen molar-refractivity contribution in [3.8, 4) is 0 Å². The summed E-state index contributed by atoms with van der Waals surface area (Å²) in [5.74, 6) is 0. The molecule has 1 unspecified atom stereocenters. The van der Waals surface area contributed by atoms with Gasteiger partial charge in [-0.15, -0.1) is 12.6 Å². The summed E-state index contributed by atoms with van der Waals surface area (Å²) in [5.41, 5.74) is 1.19. The van der Waals surface area contributed by atoms with Crippen LogP contribution in [0.1, 0.15) is 25.8 Å². The van der Waals surface area contributed by atoms with Crippen LogP contribution in [-0.2, 0) is 11.3 Å². The van der Waals surface area contributed by atoms with E-state index in [-0.39, 0.29) is 0 Å². The van der Waals surface area contributed by atoms with Crippen LogP contribution in [0.2, 0.25) is 0 Å². The van der Waals surface area contributed by atoms with Crippen LogP contribution in [0.4, 0.5) is 0 Å². The molecule has 0 heterocycles. The first-order valence-corrected chi connectivity index (χ1v) is 5.06. The van der Waals surface area contributed by atoms with Crippen molar-refractivity contribution in [1.82, 2.24) is 0 Å². The lowest BCUT2D eigenvalue weighted by Crippen LogP contribution is -2.05. The molecule has 0 aliphatic carbocycles. The lowest BCUT2D eigenvalue weighted by molar-refractivity contribution is 0.0507. The molecular weight excluding hydrogens is 180 g/mol. The monoisotopic (exact) mass is 196 g/mol. The second-order valence-electron chi connectivity index (χ2n) is 3.20. The lowest BCUT2D eigenvalue weighted by Gasteiger charge is -2.10. The van der Waals surface area contributed by atoms with Gasteiger partial charge in [0.25, 0.3) is 0 Å². The van der Waals surface area contributed by atoms with E-state index in [2.05, 4.69) is 32.5 Å². The van der Waals surface area contributed by atoms with Crippen molar-refractivity contribution in [2.24, 2.45) is 0 Å². The van der Waals surface area contributed by atoms with Crippen LogP contribution in [0.25, 0.3) is 0 Å². The molecule has 1 aromatic rings. The fourth-order valence-corrected chi connectivity index (χ4v) is 1.25. The maximum atomic E-state index is 5.60. The van der Waals surface area contributed by atoms with Crippen LogP contribution in [-0.4, -0.2) is 6.10 Å². The van der Waals surface area contributed by atoms with Gasteiger partial charge in [0.1, 0.15) is 0 Å². The molecule has 0 fully saturated rings. The summed E-state index contributed by atoms with van der Waals surface area (Å²) in [6, 6.07) is 8.06. The fourth-order valence-electron chi connectivity index (χ4n) is 1.00. The van der Waals surface area contributed by atoms with Crippen molar-refractivity contribution in [2.75, 3.05) is 0 Å². The minimum Gasteiger partial charge on any atom is -0.374 e. The van der Waals surface area contributed by atoms with E-state index in [1.54, 1.807) is 0 Å². The molecule has 0 amide bonds. The number of hydrogen-bond acceptors (Lipinski definition) is 2. The first-order valence-electron chi connectivity index (χ1n) is 4.62. The van der Waals surface area contributed by atoms with Gasteiger partial charge in [-0.25, -0.2) is 0 Å². The van der Waals surface area contributed by atoms with Gasteiger partial charge in [-0.1, -0.05) is 19.1 Å². The zero-order chi connectivity index (χ0) is 9.68. The average molecular weight is 196 g/mol. The van der Waals surface area contributed by atoms with E-state index in [0.29, 0.717) is 12.7 Å². The largest absolute Gasteiger partial charge is 0.374 e. The van der Waals surface area contributed by atoms with E-state index in [1.807, 2.05) is 18.2 Å². The van der Waals surface area contributed by atoms with Gasteiger partial charge in [0.2, 0.25) is 0 Å². The molecule has 0 aliphatic rings. The maximum absolute atomic E-state index is 5.60. The van der Waals surface area contributed by atoms with Gasteiger partial charge in [0.05, 0.1) is 12.7 Å². The Labute approximate surface area is 85.5 Å². The molecule has 0 aromatic heterocycles. The quantitative estimate of drug-likeness (QED) is 0.727. The van der Waals surface area contributed by atoms with Crippen LogP contribution >= 0.6 is 12.6 Å². The molecule has 0 saturated heterocycles. The van der Waals surface area contributed by atoms with Crippen LogP contribution in [0.5, 0.6) is 0 Å². The highest BCUT2D eigenvalue weighted by molar-refractivity contribution is 7.80. The number of ether oxygens (including phenoxy) is 1. The van der Waals surface area contributed by atoms with Crippen molar-refractivity contribution in [3.63, 3.8) is 0 Å². The Hall–Kier alpha value is -0.470. The highest BCUT2D eigenvalue weighted by Crippen LogP contribution is 2.11. The molecule has 0 aliphatic heterocycles. The number of rotatable bonds is 4. The first kappa shape index (κ1) is 10.6. The van der Waals surface area contributed by atoms with Crippen LogP contribution in [0.3, 0.4) is 0 Å². The zero-order valence-electron chi connectivity index (χ0n) is 8.16. The number of hydrogen-bond donors (Lipinski definition) is 1. The van der Waals surface area contributed by atoms with Crippen molar-refractivity contribution in [3.05, 3.63) is 29.8 Å². The van der Waals surface area contributed by atoms with Crippen molar-refractivity contribution < 1.29 is 4.74 Å². The van der Waals surface area contributed by atoms with Crippen molar-refractivity contribution >= 4 is 12.6 Å². The molecule has 0 saturated carbocycles. The third-order valence-electron chi connectivity index (χ3n) is 2.02. The van der Waals surface area contributed by atoms with Gasteiger partial charge in [-0.2, -0.15) is 0 Å². The normalized spacial score (nSPS) is 12.8. The van der Waals surface area contributed by atoms with Crippen molar-refractivity contribution in [1.29, 1.82) is 0 Å². The van der Waals surface area contributed by atoms with Crippen LogP contribution in [0, 0.1) is 0 Å². The molecule has 1 rings (SSSR count). The summed E-state index contributed by atoms with van der Waals surface area (Å²) in [7, 11) is 0. The third-order valence-corrected chi connectivity index (χ3v) is 2.30. The summed E-state index contributed by atoms with van der Waals surface area (Å²) in [5, 5.41) is 0. The molecule has 0 spiro atoms. The van der Waals surface area contributed by atoms with E-state index in [1.165, 1.54) is 5.56 Å². The summed E-state index contributed by atoms with van der Waals surface area (Å²) >= 11 is 4.27. The molecule has 0 radical (unpaired) electrons. The highest BCUT2D eigenvalue weighted by atomic mass is 32.1. The first-order chi connectivity index (χ1) is 6.22. The fraction of sp³-hybridized carbons (Fsp3) is 0.455. The highest BCUT2D eigenvalue weighted by Gasteiger charge is 1.99. The molecular formula is C11H16OS. The molecule has 1 aromatic carbocycles. The Morgan fingerprint density at radius 3 is 2.85 bits per heavy atom. The predicted octanol–water partition coefficient (Wildman–Crippen LogP) is 3.29. The third kappa shape index (κ3) is 3.83. The van der Waals surface area contributed by atoms with E-state index >= 15 is 0 Å². The Kier molecular flexibility index (Phi) is 4.33. The molecule has 13 heavy (non-hydrogen) atoms. The van der Waals surface area contributed by atoms with Crippen LogP contribution in [0.15, 0.2) is 29.2 Å². The molecule has 1 nitrogen and oxygen atoms in total. The van der Waals surface area contributed by atoms with Gasteiger partial charge >= 0.3 is 0 Å². The van der Waals surface area contributed by atoms with Gasteiger partial charge < -0.3 is 4.74 Å². The lowest BCUT2D eigenvalue weighted by atomic mass is 10.2. The molecule has 2 heteroatoms. The van der Waals surface area contributed by atoms with E-state index in [0.717, 1.165) is 11.3 Å². The number of benzene rings is 1. The smallest absolute Gasteiger partial charge is 0.0720 e. The molecule has 0 N–H and O–H groups in total.